The average molecular weight is 286 g/mol. The fourth-order valence-electron chi connectivity index (χ4n) is 2.38. The molecule has 19 heavy (non-hydrogen) atoms. The number of benzene rings is 1. The molecule has 1 N–H and O–H groups in total. The zero-order valence-corrected chi connectivity index (χ0v) is 12.9. The smallest absolute Gasteiger partial charge is 0.124 e. The van der Waals surface area contributed by atoms with Crippen molar-refractivity contribution in [2.75, 3.05) is 6.54 Å². The summed E-state index contributed by atoms with van der Waals surface area (Å²) in [7, 11) is 0. The van der Waals surface area contributed by atoms with Gasteiger partial charge in [-0.3, -0.25) is 0 Å². The highest BCUT2D eigenvalue weighted by Crippen LogP contribution is 2.30. The maximum Gasteiger partial charge on any atom is 0.124 e. The van der Waals surface area contributed by atoms with E-state index in [1.165, 1.54) is 25.0 Å². The highest BCUT2D eigenvalue weighted by Gasteiger charge is 2.18. The van der Waals surface area contributed by atoms with Crippen LogP contribution in [0, 0.1) is 11.7 Å². The van der Waals surface area contributed by atoms with E-state index in [1.807, 2.05) is 6.07 Å². The average Bonchev–Trinajstić information content (AvgIpc) is 2.40. The fraction of sp³-hybridized carbons (Fsp3) is 0.625. The molecule has 1 aromatic carbocycles. The Morgan fingerprint density at radius 2 is 1.89 bits per heavy atom. The van der Waals surface area contributed by atoms with Crippen molar-refractivity contribution in [3.8, 4) is 0 Å². The van der Waals surface area contributed by atoms with Gasteiger partial charge in [0.25, 0.3) is 0 Å². The topological polar surface area (TPSA) is 12.0 Å². The van der Waals surface area contributed by atoms with Crippen LogP contribution in [0.1, 0.15) is 58.1 Å². The van der Waals surface area contributed by atoms with Gasteiger partial charge in [-0.15, -0.1) is 0 Å². The maximum atomic E-state index is 13.2. The molecule has 1 nitrogen and oxygen atoms in total. The summed E-state index contributed by atoms with van der Waals surface area (Å²) in [5.41, 5.74) is 1.02. The molecule has 0 heterocycles. The molecule has 108 valence electrons. The van der Waals surface area contributed by atoms with E-state index in [9.17, 15) is 4.39 Å². The molecular formula is C16H25ClFN. The summed E-state index contributed by atoms with van der Waals surface area (Å²) < 4.78 is 13.2. The second-order valence-electron chi connectivity index (χ2n) is 5.09. The number of nitrogens with one attached hydrogen (secondary N) is 1. The van der Waals surface area contributed by atoms with E-state index in [-0.39, 0.29) is 11.9 Å². The van der Waals surface area contributed by atoms with Crippen LogP contribution >= 0.6 is 11.6 Å². The number of halogens is 2. The number of hydrogen-bond acceptors (Lipinski definition) is 1. The van der Waals surface area contributed by atoms with Crippen LogP contribution in [-0.4, -0.2) is 6.54 Å². The molecule has 0 saturated carbocycles. The first-order valence-corrected chi connectivity index (χ1v) is 7.68. The Balaban J connectivity index is 2.88. The molecule has 1 unspecified atom stereocenters. The van der Waals surface area contributed by atoms with Gasteiger partial charge >= 0.3 is 0 Å². The maximum absolute atomic E-state index is 13.2. The molecular weight excluding hydrogens is 261 g/mol. The summed E-state index contributed by atoms with van der Waals surface area (Å²) >= 11 is 6.19. The van der Waals surface area contributed by atoms with Crippen LogP contribution in [0.5, 0.6) is 0 Å². The molecule has 0 aliphatic carbocycles. The van der Waals surface area contributed by atoms with E-state index < -0.39 is 0 Å². The van der Waals surface area contributed by atoms with Crippen molar-refractivity contribution in [2.45, 2.75) is 52.5 Å². The predicted octanol–water partition coefficient (Wildman–Crippen LogP) is 5.35. The molecule has 0 aliphatic rings. The SMILES string of the molecule is CCCNC(CC(CC)CC)c1ccc(F)cc1Cl. The molecule has 0 aliphatic heterocycles. The summed E-state index contributed by atoms with van der Waals surface area (Å²) in [4.78, 5) is 0. The zero-order chi connectivity index (χ0) is 14.3. The monoisotopic (exact) mass is 285 g/mol. The van der Waals surface area contributed by atoms with Crippen LogP contribution < -0.4 is 5.32 Å². The van der Waals surface area contributed by atoms with E-state index in [0.717, 1.165) is 24.9 Å². The number of hydrogen-bond donors (Lipinski definition) is 1. The summed E-state index contributed by atoms with van der Waals surface area (Å²) in [5.74, 6) is 0.404. The molecule has 1 rings (SSSR count). The van der Waals surface area contributed by atoms with Gasteiger partial charge < -0.3 is 5.32 Å². The largest absolute Gasteiger partial charge is 0.310 e. The van der Waals surface area contributed by atoms with Gasteiger partial charge in [0, 0.05) is 11.1 Å². The van der Waals surface area contributed by atoms with Gasteiger partial charge in [0.05, 0.1) is 0 Å². The zero-order valence-electron chi connectivity index (χ0n) is 12.2. The Kier molecular flexibility index (Phi) is 7.40. The molecule has 3 heteroatoms. The third kappa shape index (κ3) is 5.12. The fourth-order valence-corrected chi connectivity index (χ4v) is 2.68. The molecule has 0 fully saturated rings. The predicted molar refractivity (Wildman–Crippen MR) is 81.1 cm³/mol. The Hall–Kier alpha value is -0.600. The first-order valence-electron chi connectivity index (χ1n) is 7.30. The van der Waals surface area contributed by atoms with Crippen molar-refractivity contribution < 1.29 is 4.39 Å². The van der Waals surface area contributed by atoms with Crippen LogP contribution in [0.3, 0.4) is 0 Å². The third-order valence-electron chi connectivity index (χ3n) is 3.70. The van der Waals surface area contributed by atoms with Crippen molar-refractivity contribution in [1.29, 1.82) is 0 Å². The molecule has 0 aromatic heterocycles. The van der Waals surface area contributed by atoms with E-state index in [0.29, 0.717) is 10.9 Å². The normalized spacial score (nSPS) is 12.9. The van der Waals surface area contributed by atoms with E-state index in [2.05, 4.69) is 26.1 Å². The molecule has 0 bridgehead atoms. The van der Waals surface area contributed by atoms with Crippen molar-refractivity contribution in [3.05, 3.63) is 34.6 Å². The van der Waals surface area contributed by atoms with E-state index >= 15 is 0 Å². The molecule has 1 aromatic rings. The molecule has 0 spiro atoms. The lowest BCUT2D eigenvalue weighted by molar-refractivity contribution is 0.371. The standard InChI is InChI=1S/C16H25ClFN/c1-4-9-19-16(10-12(5-2)6-3)14-8-7-13(18)11-15(14)17/h7-8,11-12,16,19H,4-6,9-10H2,1-3H3. The lowest BCUT2D eigenvalue weighted by atomic mass is 9.91. The summed E-state index contributed by atoms with van der Waals surface area (Å²) in [5, 5.41) is 4.07. The van der Waals surface area contributed by atoms with Gasteiger partial charge in [-0.1, -0.05) is 51.3 Å². The highest BCUT2D eigenvalue weighted by molar-refractivity contribution is 6.31. The van der Waals surface area contributed by atoms with Gasteiger partial charge in [-0.25, -0.2) is 4.39 Å². The van der Waals surface area contributed by atoms with Crippen molar-refractivity contribution >= 4 is 11.6 Å². The van der Waals surface area contributed by atoms with Gasteiger partial charge in [-0.2, -0.15) is 0 Å². The van der Waals surface area contributed by atoms with E-state index in [4.69, 9.17) is 11.6 Å². The van der Waals surface area contributed by atoms with Crippen molar-refractivity contribution in [2.24, 2.45) is 5.92 Å². The Morgan fingerprint density at radius 1 is 1.21 bits per heavy atom. The van der Waals surface area contributed by atoms with E-state index in [1.54, 1.807) is 0 Å². The summed E-state index contributed by atoms with van der Waals surface area (Å²) in [6.45, 7) is 7.54. The lowest BCUT2D eigenvalue weighted by Crippen LogP contribution is -2.24. The van der Waals surface area contributed by atoms with Crippen LogP contribution in [0.2, 0.25) is 5.02 Å². The third-order valence-corrected chi connectivity index (χ3v) is 4.03. The Bertz CT molecular complexity index is 377. The summed E-state index contributed by atoms with van der Waals surface area (Å²) in [6.07, 6.45) is 4.47. The van der Waals surface area contributed by atoms with Gasteiger partial charge in [0.2, 0.25) is 0 Å². The first-order chi connectivity index (χ1) is 9.12. The van der Waals surface area contributed by atoms with Crippen LogP contribution in [0.15, 0.2) is 18.2 Å². The van der Waals surface area contributed by atoms with Gasteiger partial charge in [-0.05, 0) is 43.0 Å². The second kappa shape index (κ2) is 8.55. The molecule has 1 atom stereocenters. The number of rotatable bonds is 8. The quantitative estimate of drug-likeness (QED) is 0.679. The second-order valence-corrected chi connectivity index (χ2v) is 5.50. The minimum absolute atomic E-state index is 0.220. The van der Waals surface area contributed by atoms with Crippen LogP contribution in [0.4, 0.5) is 4.39 Å². The van der Waals surface area contributed by atoms with Crippen molar-refractivity contribution in [3.63, 3.8) is 0 Å². The molecule has 0 saturated heterocycles. The lowest BCUT2D eigenvalue weighted by Gasteiger charge is -2.24. The van der Waals surface area contributed by atoms with Crippen LogP contribution in [0.25, 0.3) is 0 Å². The van der Waals surface area contributed by atoms with Crippen LogP contribution in [-0.2, 0) is 0 Å². The summed E-state index contributed by atoms with van der Waals surface area (Å²) in [6, 6.07) is 4.94. The van der Waals surface area contributed by atoms with Crippen molar-refractivity contribution in [1.82, 2.24) is 5.32 Å². The Labute approximate surface area is 121 Å². The molecule has 0 radical (unpaired) electrons. The Morgan fingerprint density at radius 3 is 2.42 bits per heavy atom. The van der Waals surface area contributed by atoms with Gasteiger partial charge in [0.15, 0.2) is 0 Å². The molecule has 0 amide bonds. The minimum atomic E-state index is -0.273. The minimum Gasteiger partial charge on any atom is -0.310 e. The first kappa shape index (κ1) is 16.5. The van der Waals surface area contributed by atoms with Gasteiger partial charge in [0.1, 0.15) is 5.82 Å². The highest BCUT2D eigenvalue weighted by atomic mass is 35.5.